The molecule has 0 spiro atoms. The Kier molecular flexibility index (Phi) is 31.9. The van der Waals surface area contributed by atoms with E-state index in [-0.39, 0.29) is 19.4 Å². The lowest BCUT2D eigenvalue weighted by Gasteiger charge is -2.20. The molecule has 2 unspecified atom stereocenters. The molecule has 0 fully saturated rings. The monoisotopic (exact) mass is 742 g/mol. The van der Waals surface area contributed by atoms with Crippen molar-refractivity contribution in [1.29, 1.82) is 0 Å². The van der Waals surface area contributed by atoms with Gasteiger partial charge in [0, 0.05) is 12.8 Å². The molecule has 11 nitrogen and oxygen atoms in total. The van der Waals surface area contributed by atoms with Gasteiger partial charge in [-0.25, -0.2) is 4.57 Å². The summed E-state index contributed by atoms with van der Waals surface area (Å²) in [5.74, 6) is -0.293. The van der Waals surface area contributed by atoms with Crippen LogP contribution in [0.1, 0.15) is 124 Å². The zero-order valence-corrected chi connectivity index (χ0v) is 32.2. The van der Waals surface area contributed by atoms with E-state index in [1.807, 2.05) is 55.5 Å². The van der Waals surface area contributed by atoms with E-state index in [2.05, 4.69) is 24.4 Å². The quantitative estimate of drug-likeness (QED) is 0.0169. The van der Waals surface area contributed by atoms with Gasteiger partial charge in [-0.1, -0.05) is 126 Å². The second-order valence-electron chi connectivity index (χ2n) is 12.9. The van der Waals surface area contributed by atoms with Crippen LogP contribution in [0.4, 0.5) is 0 Å². The molecule has 4 N–H and O–H groups in total. The van der Waals surface area contributed by atoms with E-state index < -0.39 is 57.9 Å². The van der Waals surface area contributed by atoms with Gasteiger partial charge in [-0.05, 0) is 50.9 Å². The van der Waals surface area contributed by atoms with Crippen molar-refractivity contribution in [1.82, 2.24) is 0 Å². The summed E-state index contributed by atoms with van der Waals surface area (Å²) < 4.78 is 32.4. The summed E-state index contributed by atoms with van der Waals surface area (Å²) in [6.45, 7) is 4.27. The lowest BCUT2D eigenvalue weighted by molar-refractivity contribution is -0.161. The van der Waals surface area contributed by atoms with E-state index in [4.69, 9.17) is 19.1 Å². The van der Waals surface area contributed by atoms with Crippen LogP contribution in [0.15, 0.2) is 60.8 Å². The van der Waals surface area contributed by atoms with Crippen LogP contribution in [0.3, 0.4) is 0 Å². The van der Waals surface area contributed by atoms with Gasteiger partial charge in [-0.15, -0.1) is 0 Å². The summed E-state index contributed by atoms with van der Waals surface area (Å²) in [6, 6.07) is 0. The van der Waals surface area contributed by atoms with E-state index in [1.165, 1.54) is 25.7 Å². The van der Waals surface area contributed by atoms with E-state index in [0.717, 1.165) is 44.4 Å². The molecule has 0 amide bonds. The number of hydrogen-bond donors (Lipinski definition) is 4. The number of hydrogen-bond acceptors (Lipinski definition) is 10. The number of esters is 2. The second kappa shape index (κ2) is 33.5. The highest BCUT2D eigenvalue weighted by Gasteiger charge is 2.27. The van der Waals surface area contributed by atoms with Crippen molar-refractivity contribution in [2.45, 2.75) is 142 Å². The van der Waals surface area contributed by atoms with Crippen LogP contribution in [0.5, 0.6) is 0 Å². The third kappa shape index (κ3) is 34.5. The topological polar surface area (TPSA) is 169 Å². The zero-order valence-electron chi connectivity index (χ0n) is 31.3. The summed E-state index contributed by atoms with van der Waals surface area (Å²) in [4.78, 5) is 34.7. The first-order valence-electron chi connectivity index (χ1n) is 18.7. The predicted octanol–water partition coefficient (Wildman–Crippen LogP) is 7.99. The standard InChI is InChI=1S/C39H67O11P/c1-4-5-26-35(41)27-22-18-14-10-8-6-7-9-11-15-20-24-29-39(44)50-37(33-49-51(45,46)48-31-36(42)30-40)32-47-38(43)28-23-19-16-12-13-17-21-25-34(2)3/h5-7,10-11,14-15,18,22,26,34-37,40-42H,4,8-9,12-13,16-17,19-21,23-25,27-33H2,1-3H3,(H,45,46)/b7-6-,14-10-,15-11-,22-18+,26-5-/t35?,36-,37+/m0/s1. The summed E-state index contributed by atoms with van der Waals surface area (Å²) in [5, 5.41) is 28.0. The number of carbonyl (C=O) groups is 2. The number of aliphatic hydroxyl groups is 3. The fourth-order valence-corrected chi connectivity index (χ4v) is 5.32. The van der Waals surface area contributed by atoms with Crippen molar-refractivity contribution in [3.8, 4) is 0 Å². The number of carbonyl (C=O) groups excluding carboxylic acids is 2. The van der Waals surface area contributed by atoms with Crippen LogP contribution in [-0.2, 0) is 32.7 Å². The van der Waals surface area contributed by atoms with E-state index >= 15 is 0 Å². The molecule has 0 aromatic carbocycles. The molecular weight excluding hydrogens is 675 g/mol. The maximum atomic E-state index is 12.5. The van der Waals surface area contributed by atoms with Gasteiger partial charge in [0.25, 0.3) is 0 Å². The summed E-state index contributed by atoms with van der Waals surface area (Å²) in [6.07, 6.45) is 30.0. The van der Waals surface area contributed by atoms with Gasteiger partial charge in [0.2, 0.25) is 0 Å². The molecule has 0 aliphatic rings. The van der Waals surface area contributed by atoms with Crippen molar-refractivity contribution < 1.29 is 52.9 Å². The Labute approximate surface area is 307 Å². The minimum atomic E-state index is -4.64. The van der Waals surface area contributed by atoms with Crippen LogP contribution in [0.2, 0.25) is 0 Å². The first kappa shape index (κ1) is 48.6. The van der Waals surface area contributed by atoms with Crippen molar-refractivity contribution in [3.63, 3.8) is 0 Å². The summed E-state index contributed by atoms with van der Waals surface area (Å²) in [7, 11) is -4.64. The lowest BCUT2D eigenvalue weighted by Crippen LogP contribution is -2.29. The number of allylic oxidation sites excluding steroid dienone is 8. The maximum Gasteiger partial charge on any atom is 0.472 e. The normalized spacial score (nSPS) is 15.5. The molecule has 0 radical (unpaired) electrons. The fourth-order valence-electron chi connectivity index (χ4n) is 4.53. The molecule has 0 bridgehead atoms. The van der Waals surface area contributed by atoms with Crippen molar-refractivity contribution in [2.75, 3.05) is 26.4 Å². The van der Waals surface area contributed by atoms with Crippen molar-refractivity contribution >= 4 is 19.8 Å². The number of aliphatic hydroxyl groups excluding tert-OH is 3. The molecular formula is C39H67O11P. The van der Waals surface area contributed by atoms with E-state index in [1.54, 1.807) is 6.08 Å². The maximum absolute atomic E-state index is 12.5. The average molecular weight is 743 g/mol. The molecule has 0 aromatic rings. The first-order chi connectivity index (χ1) is 24.5. The molecule has 0 saturated heterocycles. The molecule has 0 saturated carbocycles. The number of rotatable bonds is 33. The van der Waals surface area contributed by atoms with Crippen LogP contribution < -0.4 is 0 Å². The number of unbranched alkanes of at least 4 members (excludes halogenated alkanes) is 7. The lowest BCUT2D eigenvalue weighted by atomic mass is 10.0. The van der Waals surface area contributed by atoms with Crippen LogP contribution >= 0.6 is 7.82 Å². The molecule has 0 aromatic heterocycles. The van der Waals surface area contributed by atoms with Gasteiger partial charge in [0.1, 0.15) is 12.7 Å². The Morgan fingerprint density at radius 2 is 1.33 bits per heavy atom. The molecule has 0 aliphatic heterocycles. The third-order valence-electron chi connectivity index (χ3n) is 7.44. The van der Waals surface area contributed by atoms with Gasteiger partial charge >= 0.3 is 19.8 Å². The molecule has 0 rings (SSSR count). The molecule has 4 atom stereocenters. The van der Waals surface area contributed by atoms with E-state index in [9.17, 15) is 29.3 Å². The van der Waals surface area contributed by atoms with Crippen LogP contribution in [0, 0.1) is 5.92 Å². The Hall–Kier alpha value is -2.37. The predicted molar refractivity (Wildman–Crippen MR) is 202 cm³/mol. The number of phosphoric ester groups is 1. The minimum absolute atomic E-state index is 0.0856. The Bertz CT molecular complexity index is 1070. The van der Waals surface area contributed by atoms with Crippen LogP contribution in [0.25, 0.3) is 0 Å². The Morgan fingerprint density at radius 1 is 0.725 bits per heavy atom. The second-order valence-corrected chi connectivity index (χ2v) is 14.4. The first-order valence-corrected chi connectivity index (χ1v) is 20.2. The Balaban J connectivity index is 4.54. The molecule has 51 heavy (non-hydrogen) atoms. The Morgan fingerprint density at radius 3 is 2.02 bits per heavy atom. The number of phosphoric acid groups is 1. The van der Waals surface area contributed by atoms with Crippen molar-refractivity contribution in [2.24, 2.45) is 5.92 Å². The molecule has 0 heterocycles. The van der Waals surface area contributed by atoms with Gasteiger partial charge in [-0.3, -0.25) is 18.6 Å². The highest BCUT2D eigenvalue weighted by Crippen LogP contribution is 2.43. The smallest absolute Gasteiger partial charge is 0.462 e. The molecule has 0 aliphatic carbocycles. The molecule has 294 valence electrons. The van der Waals surface area contributed by atoms with Gasteiger partial charge in [-0.2, -0.15) is 0 Å². The zero-order chi connectivity index (χ0) is 38.0. The average Bonchev–Trinajstić information content (AvgIpc) is 3.10. The summed E-state index contributed by atoms with van der Waals surface area (Å²) in [5.41, 5.74) is 0. The van der Waals surface area contributed by atoms with Crippen LogP contribution in [-0.4, -0.2) is 76.9 Å². The summed E-state index contributed by atoms with van der Waals surface area (Å²) >= 11 is 0. The largest absolute Gasteiger partial charge is 0.472 e. The third-order valence-corrected chi connectivity index (χ3v) is 8.39. The van der Waals surface area contributed by atoms with E-state index in [0.29, 0.717) is 25.7 Å². The van der Waals surface area contributed by atoms with Crippen molar-refractivity contribution in [3.05, 3.63) is 60.8 Å². The van der Waals surface area contributed by atoms with Gasteiger partial charge in [0.15, 0.2) is 6.10 Å². The highest BCUT2D eigenvalue weighted by atomic mass is 31.2. The highest BCUT2D eigenvalue weighted by molar-refractivity contribution is 7.47. The van der Waals surface area contributed by atoms with Gasteiger partial charge in [0.05, 0.1) is 25.9 Å². The minimum Gasteiger partial charge on any atom is -0.462 e. The fraction of sp³-hybridized carbons (Fsp3) is 0.692. The SMILES string of the molecule is CC/C=C\C(O)C/C=C/C=C\C/C=C\C/C=C\CCCC(=O)O[C@H](COC(=O)CCCCCCCCCC(C)C)COP(=O)(O)OC[C@@H](O)CO. The number of ether oxygens (including phenoxy) is 2. The van der Waals surface area contributed by atoms with Gasteiger partial charge < -0.3 is 29.7 Å². The molecule has 12 heteroatoms.